The fourth-order valence-corrected chi connectivity index (χ4v) is 14.0. The van der Waals surface area contributed by atoms with Crippen LogP contribution in [0.25, 0.3) is 0 Å². The third-order valence-electron chi connectivity index (χ3n) is 15.3. The zero-order valence-electron chi connectivity index (χ0n) is 54.6. The van der Waals surface area contributed by atoms with E-state index in [-0.39, 0.29) is 18.6 Å². The number of aromatic hydroxyl groups is 1. The minimum absolute atomic E-state index is 0.137. The molecule has 98 heavy (non-hydrogen) atoms. The summed E-state index contributed by atoms with van der Waals surface area (Å²) in [5.74, 6) is -20.8. The van der Waals surface area contributed by atoms with Gasteiger partial charge in [0.2, 0.25) is 82.7 Å². The van der Waals surface area contributed by atoms with E-state index in [9.17, 15) is 102 Å². The minimum Gasteiger partial charge on any atom is -0.508 e. The summed E-state index contributed by atoms with van der Waals surface area (Å²) in [5, 5.41) is 88.1. The highest BCUT2D eigenvalue weighted by molar-refractivity contribution is 8.77. The predicted octanol–water partition coefficient (Wildman–Crippen LogP) is -6.66. The number of carboxylic acid groups (broad SMARTS) is 2. The van der Waals surface area contributed by atoms with Crippen molar-refractivity contribution >= 4 is 138 Å². The fourth-order valence-electron chi connectivity index (χ4n) is 9.32. The van der Waals surface area contributed by atoms with Crippen LogP contribution in [0.5, 0.6) is 5.75 Å². The summed E-state index contributed by atoms with van der Waals surface area (Å²) < 4.78 is 0. The summed E-state index contributed by atoms with van der Waals surface area (Å²) in [6.07, 6.45) is -3.87. The van der Waals surface area contributed by atoms with Crippen molar-refractivity contribution in [1.82, 2.24) is 79.8 Å². The lowest BCUT2D eigenvalue weighted by atomic mass is 9.97. The molecule has 4 saturated heterocycles. The topological polar surface area (TPSA) is 555 Å². The number of hydrogen-bond acceptors (Lipinski definition) is 24. The van der Waals surface area contributed by atoms with Gasteiger partial charge in [-0.2, -0.15) is 0 Å². The van der Waals surface area contributed by atoms with Crippen molar-refractivity contribution in [3.8, 4) is 5.75 Å². The smallest absolute Gasteiger partial charge is 0.327 e. The molecule has 4 aliphatic rings. The SMILES string of the molecule is CC[C@H](C)C1NC(=O)[C@H](CCC(=O)O)NC(=O)[C@@H](NC(=O)[C@@H](NC(=O)CNC(=O)[C@@H]2CCCN2)[C@@H](C)O)CSSC[C@@H]2NC(=O)[C@H](C)NC(=O)[C@H](C)NC(=O)[C@H](Cc3ccc(O)cc3)NC(=O)[C@H](C)NC(=O)[C@H](CSSC[C@@H](C(=O)O)NC(=O)CNC(=O)[C@H]([C@@H](C)O)NC2=O)NC1=O. The lowest BCUT2D eigenvalue weighted by Gasteiger charge is -2.29. The van der Waals surface area contributed by atoms with E-state index in [1.165, 1.54) is 52.0 Å². The summed E-state index contributed by atoms with van der Waals surface area (Å²) in [6.45, 7) is 7.91. The van der Waals surface area contributed by atoms with Crippen LogP contribution < -0.4 is 79.8 Å². The number of fused-ring (bicyclic) bond motifs is 37. The average molecular weight is 1460 g/mol. The van der Waals surface area contributed by atoms with Crippen molar-refractivity contribution in [2.24, 2.45) is 5.92 Å². The number of phenolic OH excluding ortho intramolecular Hbond substituents is 1. The van der Waals surface area contributed by atoms with Gasteiger partial charge < -0.3 is 105 Å². The second-order valence-electron chi connectivity index (χ2n) is 23.4. The summed E-state index contributed by atoms with van der Waals surface area (Å²) in [4.78, 5) is 220. The Morgan fingerprint density at radius 2 is 1.12 bits per heavy atom. The first-order valence-electron chi connectivity index (χ1n) is 31.2. The number of nitrogens with one attached hydrogen (secondary N) is 15. The monoisotopic (exact) mass is 1460 g/mol. The lowest BCUT2D eigenvalue weighted by Crippen LogP contribution is -2.62. The van der Waals surface area contributed by atoms with Crippen LogP contribution in [0.3, 0.4) is 0 Å². The maximum absolute atomic E-state index is 14.7. The largest absolute Gasteiger partial charge is 0.508 e. The Hall–Kier alpha value is -8.18. The molecule has 16 atom stereocenters. The normalized spacial score (nSPS) is 27.6. The van der Waals surface area contributed by atoms with E-state index >= 15 is 0 Å². The molecule has 4 aliphatic heterocycles. The molecule has 40 heteroatoms. The Morgan fingerprint density at radius 3 is 1.69 bits per heavy atom. The van der Waals surface area contributed by atoms with Gasteiger partial charge in [0, 0.05) is 35.9 Å². The molecule has 0 aromatic heterocycles. The number of carbonyl (C=O) groups excluding carboxylic acids is 14. The van der Waals surface area contributed by atoms with Crippen molar-refractivity contribution in [2.45, 2.75) is 178 Å². The number of carbonyl (C=O) groups is 16. The number of phenols is 1. The van der Waals surface area contributed by atoms with Gasteiger partial charge in [0.05, 0.1) is 31.3 Å². The first-order valence-corrected chi connectivity index (χ1v) is 36.2. The molecule has 4 fully saturated rings. The standard InChI is InChI=1S/C58H87N15O21S4/c1-8-25(2)43-56(91)69-36-21-97-98-24-39(58(93)94)65-40(77)19-61-55(90)44(29(6)74)73-54(89)38(68-48(83)27(4)62-46(81)26(3)63-51(86)35(18-31-11-13-32(76)14-12-31)67-47(82)28(5)64-52(36)87)23-96-95-22-37(53(88)66-34(50(85)72-43)15-16-42(79)80)70-57(92)45(30(7)75)71-41(78)20-60-49(84)33-10-9-17-59-33/h11-14,25-30,33-39,43-45,59,74-76H,8-10,15-24H2,1-7H3,(H,60,84)(H,61,90)(H,62,81)(H,63,86)(H,64,87)(H,65,77)(H,66,88)(H,67,82)(H,68,83)(H,69,91)(H,70,92)(H,71,78)(H,72,85)(H,73,89)(H,79,80)(H,93,94)/t25-,26-,27-,28-,29+,30+,33-,34-,35-,36-,37-,38-,39-,43?,44-,45-/m0/s1. The van der Waals surface area contributed by atoms with Crippen molar-refractivity contribution in [1.29, 1.82) is 0 Å². The van der Waals surface area contributed by atoms with Gasteiger partial charge >= 0.3 is 11.9 Å². The van der Waals surface area contributed by atoms with E-state index in [1.54, 1.807) is 6.92 Å². The summed E-state index contributed by atoms with van der Waals surface area (Å²) in [5.41, 5.74) is 0.383. The number of rotatable bonds is 16. The Morgan fingerprint density at radius 1 is 0.592 bits per heavy atom. The molecule has 2 bridgehead atoms. The van der Waals surface area contributed by atoms with E-state index in [1.807, 2.05) is 0 Å². The second-order valence-corrected chi connectivity index (χ2v) is 28.5. The van der Waals surface area contributed by atoms with Crippen LogP contribution in [0.2, 0.25) is 0 Å². The van der Waals surface area contributed by atoms with Gasteiger partial charge in [-0.1, -0.05) is 75.6 Å². The molecule has 20 N–H and O–H groups in total. The van der Waals surface area contributed by atoms with Crippen molar-refractivity contribution in [3.63, 3.8) is 0 Å². The molecule has 36 nitrogen and oxygen atoms in total. The van der Waals surface area contributed by atoms with Gasteiger partial charge in [-0.05, 0) is 84.0 Å². The minimum atomic E-state index is -1.91. The lowest BCUT2D eigenvalue weighted by molar-refractivity contribution is -0.141. The van der Waals surface area contributed by atoms with Gasteiger partial charge in [-0.3, -0.25) is 71.9 Å². The number of aliphatic hydroxyl groups is 2. The van der Waals surface area contributed by atoms with E-state index in [2.05, 4.69) is 79.8 Å². The van der Waals surface area contributed by atoms with Gasteiger partial charge in [0.25, 0.3) is 0 Å². The van der Waals surface area contributed by atoms with Crippen LogP contribution in [0.15, 0.2) is 24.3 Å². The first kappa shape index (κ1) is 82.2. The average Bonchev–Trinajstić information content (AvgIpc) is 0.958. The van der Waals surface area contributed by atoms with E-state index < -0.39 is 240 Å². The number of carboxylic acids is 2. The third-order valence-corrected chi connectivity index (χ3v) is 20.2. The zero-order valence-corrected chi connectivity index (χ0v) is 57.9. The molecular formula is C58H87N15O21S4. The molecule has 14 amide bonds. The molecule has 1 aromatic carbocycles. The molecule has 0 saturated carbocycles. The van der Waals surface area contributed by atoms with Crippen molar-refractivity contribution in [2.75, 3.05) is 42.6 Å². The van der Waals surface area contributed by atoms with E-state index in [4.69, 9.17) is 0 Å². The van der Waals surface area contributed by atoms with Crippen LogP contribution in [-0.4, -0.2) is 254 Å². The van der Waals surface area contributed by atoms with Crippen molar-refractivity contribution < 1.29 is 102 Å². The molecule has 1 unspecified atom stereocenters. The highest BCUT2D eigenvalue weighted by Crippen LogP contribution is 2.26. The number of aliphatic carboxylic acids is 2. The fraction of sp³-hybridized carbons (Fsp3) is 0.621. The number of aliphatic hydroxyl groups excluding tert-OH is 2. The maximum Gasteiger partial charge on any atom is 0.327 e. The number of hydrogen-bond donors (Lipinski definition) is 20. The Labute approximate surface area is 578 Å². The van der Waals surface area contributed by atoms with Crippen LogP contribution in [0.1, 0.15) is 86.1 Å². The van der Waals surface area contributed by atoms with E-state index in [0.29, 0.717) is 46.5 Å². The van der Waals surface area contributed by atoms with Gasteiger partial charge in [0.15, 0.2) is 0 Å². The maximum atomic E-state index is 14.7. The van der Waals surface area contributed by atoms with Gasteiger partial charge in [0.1, 0.15) is 78.3 Å². The van der Waals surface area contributed by atoms with Gasteiger partial charge in [-0.15, -0.1) is 0 Å². The summed E-state index contributed by atoms with van der Waals surface area (Å²) in [7, 11) is 2.96. The van der Waals surface area contributed by atoms with Crippen LogP contribution in [0.4, 0.5) is 0 Å². The third kappa shape index (κ3) is 27.3. The predicted molar refractivity (Wildman–Crippen MR) is 356 cm³/mol. The van der Waals surface area contributed by atoms with Crippen LogP contribution >= 0.6 is 43.2 Å². The molecule has 0 radical (unpaired) electrons. The Balaban J connectivity index is 1.92. The van der Waals surface area contributed by atoms with Crippen molar-refractivity contribution in [3.05, 3.63) is 29.8 Å². The number of amides is 14. The summed E-state index contributed by atoms with van der Waals surface area (Å²) >= 11 is 0. The highest BCUT2D eigenvalue weighted by Gasteiger charge is 2.39. The van der Waals surface area contributed by atoms with Crippen LogP contribution in [0, 0.1) is 5.92 Å². The Bertz CT molecular complexity index is 3060. The second kappa shape index (κ2) is 40.6. The highest BCUT2D eigenvalue weighted by atomic mass is 33.1. The summed E-state index contributed by atoms with van der Waals surface area (Å²) in [6, 6.07) is -15.5. The molecule has 4 heterocycles. The quantitative estimate of drug-likeness (QED) is 0.0540. The molecule has 1 aromatic rings. The molecular weight excluding hydrogens is 1370 g/mol. The van der Waals surface area contributed by atoms with Gasteiger partial charge in [-0.25, -0.2) is 4.79 Å². The zero-order chi connectivity index (χ0) is 73.1. The van der Waals surface area contributed by atoms with E-state index in [0.717, 1.165) is 35.4 Å². The van der Waals surface area contributed by atoms with Crippen LogP contribution in [-0.2, 0) is 83.1 Å². The first-order chi connectivity index (χ1) is 46.2. The molecule has 0 aliphatic carbocycles. The Kier molecular flexibility index (Phi) is 34.1. The molecule has 0 spiro atoms. The molecule has 544 valence electrons. The number of benzene rings is 1. The molecule has 5 rings (SSSR count).